The van der Waals surface area contributed by atoms with E-state index in [-0.39, 0.29) is 18.0 Å². The largest absolute Gasteiger partial charge is 0.373 e. The molecule has 3 atom stereocenters. The number of hydrogen-bond acceptors (Lipinski definition) is 5. The van der Waals surface area contributed by atoms with Crippen LogP contribution >= 0.6 is 0 Å². The van der Waals surface area contributed by atoms with Crippen LogP contribution in [0.5, 0.6) is 0 Å². The summed E-state index contributed by atoms with van der Waals surface area (Å²) in [5.74, 6) is -0.298. The molecule has 1 aromatic heterocycles. The van der Waals surface area contributed by atoms with Crippen LogP contribution in [0.15, 0.2) is 30.9 Å². The number of aromatic nitrogens is 3. The van der Waals surface area contributed by atoms with Gasteiger partial charge in [-0.3, -0.25) is 4.90 Å². The minimum Gasteiger partial charge on any atom is -0.373 e. The van der Waals surface area contributed by atoms with Crippen LogP contribution < -0.4 is 5.32 Å². The number of benzene rings is 1. The third-order valence-electron chi connectivity index (χ3n) is 4.52. The summed E-state index contributed by atoms with van der Waals surface area (Å²) < 4.78 is 21.4. The Morgan fingerprint density at radius 1 is 1.32 bits per heavy atom. The predicted molar refractivity (Wildman–Crippen MR) is 94.1 cm³/mol. The summed E-state index contributed by atoms with van der Waals surface area (Å²) >= 11 is 0. The van der Waals surface area contributed by atoms with Crippen molar-refractivity contribution >= 4 is 0 Å². The van der Waals surface area contributed by atoms with Gasteiger partial charge in [0.1, 0.15) is 24.2 Å². The van der Waals surface area contributed by atoms with E-state index in [1.54, 1.807) is 12.1 Å². The molecule has 0 amide bonds. The second-order valence-corrected chi connectivity index (χ2v) is 6.82. The van der Waals surface area contributed by atoms with Crippen molar-refractivity contribution in [1.29, 1.82) is 0 Å². The molecule has 1 saturated heterocycles. The van der Waals surface area contributed by atoms with Crippen LogP contribution in [-0.4, -0.2) is 57.5 Å². The maximum atomic E-state index is 14.2. The molecule has 6 nitrogen and oxygen atoms in total. The van der Waals surface area contributed by atoms with Crippen molar-refractivity contribution in [3.8, 4) is 5.69 Å². The topological polar surface area (TPSA) is 55.2 Å². The van der Waals surface area contributed by atoms with Gasteiger partial charge in [0.15, 0.2) is 0 Å². The van der Waals surface area contributed by atoms with Crippen molar-refractivity contribution < 1.29 is 9.13 Å². The van der Waals surface area contributed by atoms with Gasteiger partial charge in [-0.05, 0) is 38.5 Å². The van der Waals surface area contributed by atoms with E-state index >= 15 is 0 Å². The Kier molecular flexibility index (Phi) is 5.78. The van der Waals surface area contributed by atoms with Crippen LogP contribution in [-0.2, 0) is 11.3 Å². The highest BCUT2D eigenvalue weighted by Gasteiger charge is 2.25. The molecule has 0 unspecified atom stereocenters. The summed E-state index contributed by atoms with van der Waals surface area (Å²) in [7, 11) is 0. The minimum absolute atomic E-state index is 0.268. The Balaban J connectivity index is 1.51. The number of ether oxygens (including phenoxy) is 1. The van der Waals surface area contributed by atoms with Crippen molar-refractivity contribution in [3.63, 3.8) is 0 Å². The van der Waals surface area contributed by atoms with E-state index in [0.29, 0.717) is 18.3 Å². The number of nitrogens with zero attached hydrogens (tertiary/aromatic N) is 4. The first-order valence-electron chi connectivity index (χ1n) is 8.76. The van der Waals surface area contributed by atoms with Gasteiger partial charge in [-0.1, -0.05) is 6.07 Å². The van der Waals surface area contributed by atoms with Crippen molar-refractivity contribution in [2.24, 2.45) is 0 Å². The lowest BCUT2D eigenvalue weighted by molar-refractivity contribution is -0.0781. The first-order valence-corrected chi connectivity index (χ1v) is 8.76. The molecular weight excluding hydrogens is 321 g/mol. The summed E-state index contributed by atoms with van der Waals surface area (Å²) in [4.78, 5) is 6.29. The number of hydrogen-bond donors (Lipinski definition) is 1. The first-order chi connectivity index (χ1) is 12.0. The van der Waals surface area contributed by atoms with Crippen molar-refractivity contribution in [2.75, 3.05) is 19.6 Å². The first kappa shape index (κ1) is 18.0. The summed E-state index contributed by atoms with van der Waals surface area (Å²) in [5.41, 5.74) is 1.32. The molecule has 1 N–H and O–H groups in total. The number of halogens is 1. The molecule has 0 aliphatic carbocycles. The molecule has 1 aliphatic rings. The van der Waals surface area contributed by atoms with Crippen LogP contribution in [0.25, 0.3) is 5.69 Å². The smallest absolute Gasteiger partial charge is 0.149 e. The fourth-order valence-electron chi connectivity index (χ4n) is 3.31. The third kappa shape index (κ3) is 4.62. The highest BCUT2D eigenvalue weighted by atomic mass is 19.1. The van der Waals surface area contributed by atoms with Crippen LogP contribution in [0.1, 0.15) is 26.3 Å². The Morgan fingerprint density at radius 2 is 2.08 bits per heavy atom. The van der Waals surface area contributed by atoms with Crippen LogP contribution in [0.4, 0.5) is 4.39 Å². The Bertz CT molecular complexity index is 668. The molecule has 3 rings (SSSR count). The summed E-state index contributed by atoms with van der Waals surface area (Å²) in [6.07, 6.45) is 3.42. The van der Waals surface area contributed by atoms with E-state index in [4.69, 9.17) is 4.74 Å². The van der Waals surface area contributed by atoms with Gasteiger partial charge in [0.2, 0.25) is 0 Å². The summed E-state index contributed by atoms with van der Waals surface area (Å²) in [6, 6.07) is 5.60. The van der Waals surface area contributed by atoms with Gasteiger partial charge in [-0.15, -0.1) is 0 Å². The monoisotopic (exact) mass is 347 g/mol. The van der Waals surface area contributed by atoms with Gasteiger partial charge in [0, 0.05) is 32.2 Å². The average molecular weight is 347 g/mol. The molecule has 0 spiro atoms. The molecule has 0 radical (unpaired) electrons. The highest BCUT2D eigenvalue weighted by Crippen LogP contribution is 2.15. The SMILES string of the molecule is C[C@@H]1CN([C@H](C)CNCc2ccc(-n3cncn3)c(F)c2)C[C@H](C)O1. The predicted octanol–water partition coefficient (Wildman–Crippen LogP) is 1.99. The standard InChI is InChI=1S/C18H26FN5O/c1-13(23-9-14(2)25-15(3)10-23)7-20-8-16-4-5-18(17(19)6-16)24-12-21-11-22-24/h4-6,11-15,20H,7-10H2,1-3H3/t13-,14-,15+/m1/s1. The summed E-state index contributed by atoms with van der Waals surface area (Å²) in [5, 5.41) is 7.39. The molecule has 2 aromatic rings. The highest BCUT2D eigenvalue weighted by molar-refractivity contribution is 5.35. The van der Waals surface area contributed by atoms with E-state index in [1.807, 2.05) is 6.07 Å². The van der Waals surface area contributed by atoms with Crippen LogP contribution in [0.2, 0.25) is 0 Å². The maximum absolute atomic E-state index is 14.2. The average Bonchev–Trinajstić information content (AvgIpc) is 3.08. The third-order valence-corrected chi connectivity index (χ3v) is 4.52. The molecule has 0 saturated carbocycles. The van der Waals surface area contributed by atoms with Gasteiger partial charge in [0.05, 0.1) is 12.2 Å². The van der Waals surface area contributed by atoms with E-state index < -0.39 is 0 Å². The number of nitrogens with one attached hydrogen (secondary N) is 1. The quantitative estimate of drug-likeness (QED) is 0.866. The van der Waals surface area contributed by atoms with Gasteiger partial charge in [-0.2, -0.15) is 5.10 Å². The van der Waals surface area contributed by atoms with Gasteiger partial charge >= 0.3 is 0 Å². The van der Waals surface area contributed by atoms with Gasteiger partial charge < -0.3 is 10.1 Å². The van der Waals surface area contributed by atoms with Gasteiger partial charge in [0.25, 0.3) is 0 Å². The lowest BCUT2D eigenvalue weighted by Crippen LogP contribution is -2.51. The maximum Gasteiger partial charge on any atom is 0.149 e. The second kappa shape index (κ2) is 8.03. The molecule has 0 bridgehead atoms. The van der Waals surface area contributed by atoms with Gasteiger partial charge in [-0.25, -0.2) is 14.1 Å². The van der Waals surface area contributed by atoms with Crippen molar-refractivity contribution in [2.45, 2.75) is 45.6 Å². The lowest BCUT2D eigenvalue weighted by atomic mass is 10.1. The molecule has 25 heavy (non-hydrogen) atoms. The molecule has 1 fully saturated rings. The Hall–Kier alpha value is -1.83. The molecular formula is C18H26FN5O. The van der Waals surface area contributed by atoms with E-state index in [0.717, 1.165) is 25.2 Å². The summed E-state index contributed by atoms with van der Waals surface area (Å²) in [6.45, 7) is 9.83. The fraction of sp³-hybridized carbons (Fsp3) is 0.556. The molecule has 2 heterocycles. The fourth-order valence-corrected chi connectivity index (χ4v) is 3.31. The lowest BCUT2D eigenvalue weighted by Gasteiger charge is -2.39. The van der Waals surface area contributed by atoms with Crippen LogP contribution in [0.3, 0.4) is 0 Å². The normalized spacial score (nSPS) is 22.9. The molecule has 7 heteroatoms. The zero-order valence-electron chi connectivity index (χ0n) is 15.0. The second-order valence-electron chi connectivity index (χ2n) is 6.82. The zero-order valence-corrected chi connectivity index (χ0v) is 15.0. The molecule has 1 aromatic carbocycles. The van der Waals surface area contributed by atoms with E-state index in [2.05, 4.69) is 41.1 Å². The molecule has 136 valence electrons. The Morgan fingerprint density at radius 3 is 2.72 bits per heavy atom. The van der Waals surface area contributed by atoms with Crippen molar-refractivity contribution in [3.05, 3.63) is 42.2 Å². The number of morpholine rings is 1. The van der Waals surface area contributed by atoms with Crippen LogP contribution in [0, 0.1) is 5.82 Å². The number of rotatable bonds is 6. The minimum atomic E-state index is -0.298. The van der Waals surface area contributed by atoms with E-state index in [9.17, 15) is 4.39 Å². The Labute approximate surface area is 148 Å². The van der Waals surface area contributed by atoms with E-state index in [1.165, 1.54) is 17.3 Å². The zero-order chi connectivity index (χ0) is 17.8. The van der Waals surface area contributed by atoms with Crippen molar-refractivity contribution in [1.82, 2.24) is 25.0 Å². The molecule has 1 aliphatic heterocycles.